The summed E-state index contributed by atoms with van der Waals surface area (Å²) >= 11 is 0. The fourth-order valence-electron chi connectivity index (χ4n) is 1.90. The first-order valence-corrected chi connectivity index (χ1v) is 6.10. The van der Waals surface area contributed by atoms with Crippen LogP contribution < -0.4 is 0 Å². The van der Waals surface area contributed by atoms with Gasteiger partial charge in [0.2, 0.25) is 0 Å². The van der Waals surface area contributed by atoms with Gasteiger partial charge in [0.05, 0.1) is 0 Å². The molecule has 0 saturated heterocycles. The van der Waals surface area contributed by atoms with Gasteiger partial charge in [-0.2, -0.15) is 0 Å². The molecule has 0 aliphatic heterocycles. The van der Waals surface area contributed by atoms with Crippen molar-refractivity contribution in [1.29, 1.82) is 0 Å². The number of hydrogen-bond acceptors (Lipinski definition) is 1. The van der Waals surface area contributed by atoms with E-state index in [0.717, 1.165) is 16.7 Å². The third-order valence-electron chi connectivity index (χ3n) is 2.91. The van der Waals surface area contributed by atoms with Gasteiger partial charge in [-0.1, -0.05) is 66.7 Å². The van der Waals surface area contributed by atoms with Crippen LogP contribution in [-0.2, 0) is 6.42 Å². The summed E-state index contributed by atoms with van der Waals surface area (Å²) in [5, 5.41) is 0. The van der Waals surface area contributed by atoms with E-state index in [2.05, 4.69) is 0 Å². The molecule has 0 radical (unpaired) electrons. The minimum Gasteiger partial charge on any atom is -0.289 e. The molecule has 1 nitrogen and oxygen atoms in total. The maximum absolute atomic E-state index is 12.3. The van der Waals surface area contributed by atoms with Crippen LogP contribution in [-0.4, -0.2) is 5.78 Å². The van der Waals surface area contributed by atoms with E-state index in [1.807, 2.05) is 73.7 Å². The first kappa shape index (κ1) is 12.3. The molecule has 2 rings (SSSR count). The highest BCUT2D eigenvalue weighted by Crippen LogP contribution is 2.14. The first-order valence-electron chi connectivity index (χ1n) is 6.10. The van der Waals surface area contributed by atoms with Crippen molar-refractivity contribution in [1.82, 2.24) is 0 Å². The Morgan fingerprint density at radius 2 is 1.50 bits per heavy atom. The van der Waals surface area contributed by atoms with E-state index in [-0.39, 0.29) is 5.78 Å². The predicted octanol–water partition coefficient (Wildman–Crippen LogP) is 4.06. The van der Waals surface area contributed by atoms with Crippen LogP contribution in [0.3, 0.4) is 0 Å². The summed E-state index contributed by atoms with van der Waals surface area (Å²) in [5.74, 6) is 0.113. The molecule has 0 amide bonds. The smallest absolute Gasteiger partial charge is 0.189 e. The molecule has 0 aliphatic carbocycles. The van der Waals surface area contributed by atoms with Gasteiger partial charge in [-0.25, -0.2) is 0 Å². The molecule has 0 aromatic heterocycles. The van der Waals surface area contributed by atoms with Gasteiger partial charge >= 0.3 is 0 Å². The maximum Gasteiger partial charge on any atom is 0.189 e. The maximum atomic E-state index is 12.3. The minimum atomic E-state index is 0.113. The van der Waals surface area contributed by atoms with E-state index in [9.17, 15) is 4.79 Å². The second-order valence-electron chi connectivity index (χ2n) is 4.17. The van der Waals surface area contributed by atoms with Gasteiger partial charge in [-0.15, -0.1) is 0 Å². The molecular formula is C17H16O. The van der Waals surface area contributed by atoms with E-state index in [1.165, 1.54) is 0 Å². The van der Waals surface area contributed by atoms with E-state index in [4.69, 9.17) is 0 Å². The van der Waals surface area contributed by atoms with E-state index < -0.39 is 0 Å². The lowest BCUT2D eigenvalue weighted by atomic mass is 9.97. The van der Waals surface area contributed by atoms with Crippen LogP contribution in [0.1, 0.15) is 22.8 Å². The third-order valence-corrected chi connectivity index (χ3v) is 2.91. The second-order valence-corrected chi connectivity index (χ2v) is 4.17. The van der Waals surface area contributed by atoms with Crippen molar-refractivity contribution >= 4 is 5.78 Å². The molecule has 0 N–H and O–H groups in total. The lowest BCUT2D eigenvalue weighted by molar-refractivity contribution is 0.103. The predicted molar refractivity (Wildman–Crippen MR) is 74.7 cm³/mol. The summed E-state index contributed by atoms with van der Waals surface area (Å²) in [6.07, 6.45) is 2.59. The number of carbonyl (C=O) groups excluding carboxylic acids is 1. The average Bonchev–Trinajstić information content (AvgIpc) is 2.46. The normalized spacial score (nSPS) is 11.3. The van der Waals surface area contributed by atoms with E-state index >= 15 is 0 Å². The van der Waals surface area contributed by atoms with E-state index in [0.29, 0.717) is 6.42 Å². The summed E-state index contributed by atoms with van der Waals surface area (Å²) in [6, 6.07) is 19.5. The van der Waals surface area contributed by atoms with Gasteiger partial charge in [-0.3, -0.25) is 4.79 Å². The van der Waals surface area contributed by atoms with Crippen molar-refractivity contribution in [3.63, 3.8) is 0 Å². The Bertz CT molecular complexity index is 538. The topological polar surface area (TPSA) is 17.1 Å². The molecule has 0 fully saturated rings. The van der Waals surface area contributed by atoms with Crippen LogP contribution in [0.15, 0.2) is 72.3 Å². The van der Waals surface area contributed by atoms with Gasteiger partial charge in [-0.05, 0) is 12.5 Å². The molecule has 18 heavy (non-hydrogen) atoms. The summed E-state index contributed by atoms with van der Waals surface area (Å²) in [4.78, 5) is 12.3. The number of rotatable bonds is 4. The molecule has 90 valence electrons. The minimum absolute atomic E-state index is 0.113. The fourth-order valence-corrected chi connectivity index (χ4v) is 1.90. The molecule has 0 unspecified atom stereocenters. The number of allylic oxidation sites excluding steroid dienone is 2. The van der Waals surface area contributed by atoms with Crippen LogP contribution in [0.2, 0.25) is 0 Å². The largest absolute Gasteiger partial charge is 0.289 e. The van der Waals surface area contributed by atoms with Crippen molar-refractivity contribution < 1.29 is 4.79 Å². The number of ketones is 1. The lowest BCUT2D eigenvalue weighted by Crippen LogP contribution is -2.05. The first-order chi connectivity index (χ1) is 8.81. The highest BCUT2D eigenvalue weighted by molar-refractivity contribution is 6.08. The quantitative estimate of drug-likeness (QED) is 0.578. The molecule has 0 spiro atoms. The summed E-state index contributed by atoms with van der Waals surface area (Å²) in [6.45, 7) is 1.92. The van der Waals surface area contributed by atoms with Crippen molar-refractivity contribution in [3.05, 3.63) is 83.4 Å². The van der Waals surface area contributed by atoms with Crippen molar-refractivity contribution in [2.75, 3.05) is 0 Å². The van der Waals surface area contributed by atoms with Crippen LogP contribution >= 0.6 is 0 Å². The highest BCUT2D eigenvalue weighted by Gasteiger charge is 2.11. The molecule has 1 heteroatoms. The van der Waals surface area contributed by atoms with Crippen LogP contribution in [0.4, 0.5) is 0 Å². The Balaban J connectivity index is 2.18. The summed E-state index contributed by atoms with van der Waals surface area (Å²) in [7, 11) is 0. The van der Waals surface area contributed by atoms with Crippen molar-refractivity contribution in [2.24, 2.45) is 0 Å². The molecule has 0 saturated carbocycles. The van der Waals surface area contributed by atoms with Crippen LogP contribution in [0.5, 0.6) is 0 Å². The monoisotopic (exact) mass is 236 g/mol. The lowest BCUT2D eigenvalue weighted by Gasteiger charge is -2.06. The molecule has 2 aromatic rings. The summed E-state index contributed by atoms with van der Waals surface area (Å²) < 4.78 is 0. The Labute approximate surface area is 108 Å². The SMILES string of the molecule is C/C=C(\Cc1ccccc1)C(=O)c1ccccc1. The van der Waals surface area contributed by atoms with Crippen LogP contribution in [0, 0.1) is 0 Å². The molecule has 0 bridgehead atoms. The van der Waals surface area contributed by atoms with Gasteiger partial charge in [0.1, 0.15) is 0 Å². The van der Waals surface area contributed by atoms with Gasteiger partial charge in [0, 0.05) is 17.6 Å². The van der Waals surface area contributed by atoms with Gasteiger partial charge in [0.15, 0.2) is 5.78 Å². The van der Waals surface area contributed by atoms with E-state index in [1.54, 1.807) is 0 Å². The number of hydrogen-bond donors (Lipinski definition) is 0. The zero-order chi connectivity index (χ0) is 12.8. The Hall–Kier alpha value is -2.15. The van der Waals surface area contributed by atoms with Crippen molar-refractivity contribution in [3.8, 4) is 0 Å². The average molecular weight is 236 g/mol. The molecule has 2 aromatic carbocycles. The zero-order valence-electron chi connectivity index (χ0n) is 10.5. The molecule has 0 aliphatic rings. The highest BCUT2D eigenvalue weighted by atomic mass is 16.1. The molecular weight excluding hydrogens is 220 g/mol. The summed E-state index contributed by atoms with van der Waals surface area (Å²) in [5.41, 5.74) is 2.75. The van der Waals surface area contributed by atoms with Gasteiger partial charge < -0.3 is 0 Å². The Morgan fingerprint density at radius 3 is 2.06 bits per heavy atom. The standard InChI is InChI=1S/C17H16O/c1-2-15(13-14-9-5-3-6-10-14)17(18)16-11-7-4-8-12-16/h2-12H,13H2,1H3/b15-2+. The number of Topliss-reactive ketones (excluding diaryl/α,β-unsaturated/α-hetero) is 1. The fraction of sp³-hybridized carbons (Fsp3) is 0.118. The zero-order valence-corrected chi connectivity index (χ0v) is 10.5. The second kappa shape index (κ2) is 5.97. The number of benzene rings is 2. The third kappa shape index (κ3) is 2.95. The van der Waals surface area contributed by atoms with Gasteiger partial charge in [0.25, 0.3) is 0 Å². The Morgan fingerprint density at radius 1 is 0.944 bits per heavy atom. The van der Waals surface area contributed by atoms with Crippen LogP contribution in [0.25, 0.3) is 0 Å². The molecule has 0 atom stereocenters. The number of carbonyl (C=O) groups is 1. The van der Waals surface area contributed by atoms with Crippen molar-refractivity contribution in [2.45, 2.75) is 13.3 Å². The molecule has 0 heterocycles. The Kier molecular flexibility index (Phi) is 4.08.